The van der Waals surface area contributed by atoms with Gasteiger partial charge in [0.05, 0.1) is 33.7 Å². The first-order chi connectivity index (χ1) is 16.3. The highest BCUT2D eigenvalue weighted by molar-refractivity contribution is 6.25. The van der Waals surface area contributed by atoms with Crippen molar-refractivity contribution in [3.05, 3.63) is 120 Å². The zero-order valence-corrected chi connectivity index (χ0v) is 17.6. The van der Waals surface area contributed by atoms with Crippen molar-refractivity contribution in [3.63, 3.8) is 0 Å². The molecule has 2 heterocycles. The summed E-state index contributed by atoms with van der Waals surface area (Å²) in [5.41, 5.74) is 6.01. The molecule has 0 radical (unpaired) electrons. The van der Waals surface area contributed by atoms with Crippen LogP contribution in [0.25, 0.3) is 38.4 Å². The van der Waals surface area contributed by atoms with E-state index in [0.717, 1.165) is 38.4 Å². The number of fused-ring (bicyclic) bond motifs is 4. The molecule has 0 unspecified atom stereocenters. The van der Waals surface area contributed by atoms with E-state index in [-0.39, 0.29) is 5.78 Å². The first kappa shape index (κ1) is 19.0. The molecule has 4 nitrogen and oxygen atoms in total. The zero-order chi connectivity index (χ0) is 22.4. The highest BCUT2D eigenvalue weighted by Gasteiger charge is 2.25. The fraction of sp³-hybridized carbons (Fsp3) is 0. The number of hydrogen-bond acceptors (Lipinski definition) is 3. The summed E-state index contributed by atoms with van der Waals surface area (Å²) in [5.74, 6) is -0.0903. The largest absolute Gasteiger partial charge is 0.289 e. The van der Waals surface area contributed by atoms with Crippen LogP contribution in [0.15, 0.2) is 103 Å². The van der Waals surface area contributed by atoms with Crippen LogP contribution in [-0.4, -0.2) is 15.4 Å². The van der Waals surface area contributed by atoms with Crippen molar-refractivity contribution in [2.24, 2.45) is 0 Å². The summed E-state index contributed by atoms with van der Waals surface area (Å²) < 4.78 is 1.86. The van der Waals surface area contributed by atoms with E-state index >= 15 is 0 Å². The van der Waals surface area contributed by atoms with E-state index in [1.807, 2.05) is 83.4 Å². The lowest BCUT2D eigenvalue weighted by molar-refractivity contribution is 0.104. The highest BCUT2D eigenvalue weighted by atomic mass is 16.1. The average molecular weight is 423 g/mol. The third kappa shape index (κ3) is 2.91. The molecule has 0 saturated carbocycles. The molecular formula is C29H17N3O. The minimum atomic E-state index is -0.0903. The van der Waals surface area contributed by atoms with Crippen LogP contribution in [0, 0.1) is 11.3 Å². The molecule has 33 heavy (non-hydrogen) atoms. The molecule has 4 aromatic carbocycles. The Bertz CT molecular complexity index is 1730. The molecule has 0 aliphatic carbocycles. The fourth-order valence-electron chi connectivity index (χ4n) is 4.55. The Morgan fingerprint density at radius 3 is 2.24 bits per heavy atom. The fourth-order valence-corrected chi connectivity index (χ4v) is 4.55. The topological polar surface area (TPSA) is 58.2 Å². The number of hydrogen-bond donors (Lipinski definition) is 0. The van der Waals surface area contributed by atoms with Gasteiger partial charge in [0, 0.05) is 21.9 Å². The maximum atomic E-state index is 13.9. The van der Waals surface area contributed by atoms with Gasteiger partial charge in [0.15, 0.2) is 5.78 Å². The van der Waals surface area contributed by atoms with E-state index in [1.54, 1.807) is 12.1 Å². The van der Waals surface area contributed by atoms with Gasteiger partial charge in [0.2, 0.25) is 0 Å². The van der Waals surface area contributed by atoms with E-state index in [4.69, 9.17) is 5.10 Å². The quantitative estimate of drug-likeness (QED) is 0.309. The standard InChI is InChI=1S/C29H17N3O/c30-18-19-15-16-25-23(17-19)27(29(33)21-11-5-2-6-12-21)28-26(20-9-3-1-4-10-20)22-13-7-8-14-24(22)31-32(25)28/h1-17H. The van der Waals surface area contributed by atoms with Gasteiger partial charge in [-0.3, -0.25) is 4.79 Å². The van der Waals surface area contributed by atoms with Crippen LogP contribution in [0.1, 0.15) is 21.5 Å². The van der Waals surface area contributed by atoms with Crippen LogP contribution in [0.5, 0.6) is 0 Å². The van der Waals surface area contributed by atoms with Crippen LogP contribution in [-0.2, 0) is 0 Å². The molecule has 0 N–H and O–H groups in total. The molecule has 4 heteroatoms. The van der Waals surface area contributed by atoms with Crippen molar-refractivity contribution in [1.29, 1.82) is 5.26 Å². The smallest absolute Gasteiger partial charge is 0.195 e. The van der Waals surface area contributed by atoms with Crippen molar-refractivity contribution >= 4 is 33.1 Å². The van der Waals surface area contributed by atoms with Gasteiger partial charge in [0.1, 0.15) is 0 Å². The Hall–Kier alpha value is -4.75. The summed E-state index contributed by atoms with van der Waals surface area (Å²) in [5, 5.41) is 16.2. The normalized spacial score (nSPS) is 11.1. The summed E-state index contributed by atoms with van der Waals surface area (Å²) >= 11 is 0. The van der Waals surface area contributed by atoms with Gasteiger partial charge in [-0.15, -0.1) is 0 Å². The lowest BCUT2D eigenvalue weighted by Gasteiger charge is -2.12. The van der Waals surface area contributed by atoms with Crippen LogP contribution in [0.2, 0.25) is 0 Å². The maximum Gasteiger partial charge on any atom is 0.195 e. The van der Waals surface area contributed by atoms with Crippen molar-refractivity contribution < 1.29 is 4.79 Å². The SMILES string of the molecule is N#Cc1ccc2c(c1)c(C(=O)c1ccccc1)c1c(-c3ccccc3)c3ccccc3nn12. The second kappa shape index (κ2) is 7.44. The van der Waals surface area contributed by atoms with Gasteiger partial charge in [0.25, 0.3) is 0 Å². The summed E-state index contributed by atoms with van der Waals surface area (Å²) in [4.78, 5) is 13.9. The van der Waals surface area contributed by atoms with Gasteiger partial charge >= 0.3 is 0 Å². The molecule has 0 saturated heterocycles. The van der Waals surface area contributed by atoms with Crippen LogP contribution in [0.4, 0.5) is 0 Å². The van der Waals surface area contributed by atoms with Gasteiger partial charge in [-0.1, -0.05) is 78.9 Å². The first-order valence-corrected chi connectivity index (χ1v) is 10.7. The molecule has 2 aromatic heterocycles. The van der Waals surface area contributed by atoms with E-state index in [9.17, 15) is 10.1 Å². The third-order valence-electron chi connectivity index (χ3n) is 6.02. The lowest BCUT2D eigenvalue weighted by atomic mass is 9.94. The number of benzene rings is 4. The summed E-state index contributed by atoms with van der Waals surface area (Å²) in [6.45, 7) is 0. The molecule has 0 spiro atoms. The van der Waals surface area contributed by atoms with Crippen molar-refractivity contribution in [3.8, 4) is 17.2 Å². The summed E-state index contributed by atoms with van der Waals surface area (Å²) in [6, 6.07) is 35.0. The predicted octanol–water partition coefficient (Wildman–Crippen LogP) is 6.41. The van der Waals surface area contributed by atoms with E-state index in [0.29, 0.717) is 16.7 Å². The molecular weight excluding hydrogens is 406 g/mol. The van der Waals surface area contributed by atoms with E-state index in [2.05, 4.69) is 18.2 Å². The minimum Gasteiger partial charge on any atom is -0.289 e. The molecule has 0 aliphatic rings. The molecule has 6 aromatic rings. The number of rotatable bonds is 3. The second-order valence-electron chi connectivity index (χ2n) is 7.93. The summed E-state index contributed by atoms with van der Waals surface area (Å²) in [7, 11) is 0. The van der Waals surface area contributed by atoms with E-state index < -0.39 is 0 Å². The molecule has 0 atom stereocenters. The number of ketones is 1. The molecule has 154 valence electrons. The second-order valence-corrected chi connectivity index (χ2v) is 7.93. The average Bonchev–Trinajstić information content (AvgIpc) is 3.20. The maximum absolute atomic E-state index is 13.9. The van der Waals surface area contributed by atoms with Crippen molar-refractivity contribution in [2.45, 2.75) is 0 Å². The monoisotopic (exact) mass is 423 g/mol. The molecule has 0 fully saturated rings. The third-order valence-corrected chi connectivity index (χ3v) is 6.02. The van der Waals surface area contributed by atoms with Gasteiger partial charge in [-0.2, -0.15) is 10.4 Å². The molecule has 0 bridgehead atoms. The first-order valence-electron chi connectivity index (χ1n) is 10.7. The van der Waals surface area contributed by atoms with Crippen LogP contribution >= 0.6 is 0 Å². The Morgan fingerprint density at radius 2 is 1.48 bits per heavy atom. The lowest BCUT2D eigenvalue weighted by Crippen LogP contribution is -2.03. The van der Waals surface area contributed by atoms with Crippen molar-refractivity contribution in [2.75, 3.05) is 0 Å². The Labute approximate surface area is 189 Å². The van der Waals surface area contributed by atoms with Crippen LogP contribution in [0.3, 0.4) is 0 Å². The Balaban J connectivity index is 1.87. The number of nitrogens with zero attached hydrogens (tertiary/aromatic N) is 3. The number of carbonyl (C=O) groups excluding carboxylic acids is 1. The van der Waals surface area contributed by atoms with Crippen LogP contribution < -0.4 is 0 Å². The minimum absolute atomic E-state index is 0.0903. The van der Waals surface area contributed by atoms with Gasteiger partial charge in [-0.25, -0.2) is 4.52 Å². The number of carbonyl (C=O) groups is 1. The van der Waals surface area contributed by atoms with Gasteiger partial charge in [-0.05, 0) is 29.8 Å². The van der Waals surface area contributed by atoms with E-state index in [1.165, 1.54) is 0 Å². The van der Waals surface area contributed by atoms with Crippen molar-refractivity contribution in [1.82, 2.24) is 9.61 Å². The van der Waals surface area contributed by atoms with Gasteiger partial charge < -0.3 is 0 Å². The predicted molar refractivity (Wildman–Crippen MR) is 130 cm³/mol. The molecule has 0 amide bonds. The highest BCUT2D eigenvalue weighted by Crippen LogP contribution is 2.39. The molecule has 6 rings (SSSR count). The zero-order valence-electron chi connectivity index (χ0n) is 17.6. The number of nitriles is 1. The number of aromatic nitrogens is 2. The Morgan fingerprint density at radius 1 is 0.788 bits per heavy atom. The Kier molecular flexibility index (Phi) is 4.28. The molecule has 0 aliphatic heterocycles. The summed E-state index contributed by atoms with van der Waals surface area (Å²) in [6.07, 6.45) is 0.